The summed E-state index contributed by atoms with van der Waals surface area (Å²) in [5, 5.41) is 1.16. The fraction of sp³-hybridized carbons (Fsp3) is 0.133. The summed E-state index contributed by atoms with van der Waals surface area (Å²) in [5.41, 5.74) is 0.637. The molecule has 0 aliphatic carbocycles. The van der Waals surface area contributed by atoms with Crippen molar-refractivity contribution in [1.29, 1.82) is 0 Å². The van der Waals surface area contributed by atoms with Gasteiger partial charge in [0.1, 0.15) is 0 Å². The molecular formula is C15H15Cl2NOS. The lowest BCUT2D eigenvalue weighted by Gasteiger charge is -2.33. The zero-order valence-corrected chi connectivity index (χ0v) is 13.5. The zero-order valence-electron chi connectivity index (χ0n) is 11.2. The second kappa shape index (κ2) is 6.08. The van der Waals surface area contributed by atoms with Crippen molar-refractivity contribution in [2.75, 3.05) is 12.5 Å². The van der Waals surface area contributed by atoms with Gasteiger partial charge in [0.25, 0.3) is 5.91 Å². The highest BCUT2D eigenvalue weighted by atomic mass is 35.5. The molecule has 0 aromatic heterocycles. The molecule has 5 heteroatoms. The summed E-state index contributed by atoms with van der Waals surface area (Å²) in [7, 11) is -1.55. The van der Waals surface area contributed by atoms with E-state index in [1.807, 2.05) is 36.8 Å². The monoisotopic (exact) mass is 327 g/mol. The number of hydrogen-bond donors (Lipinski definition) is 1. The molecule has 0 spiro atoms. The number of amides is 1. The van der Waals surface area contributed by atoms with Gasteiger partial charge in [0, 0.05) is 15.5 Å². The van der Waals surface area contributed by atoms with E-state index in [2.05, 4.69) is 4.72 Å². The first-order valence-corrected chi connectivity index (χ1v) is 9.16. The molecule has 0 fully saturated rings. The number of rotatable bonds is 3. The minimum Gasteiger partial charge on any atom is -0.311 e. The molecule has 1 amide bonds. The largest absolute Gasteiger partial charge is 0.311 e. The van der Waals surface area contributed by atoms with Crippen LogP contribution in [0.3, 0.4) is 0 Å². The van der Waals surface area contributed by atoms with Crippen LogP contribution in [0.1, 0.15) is 10.4 Å². The van der Waals surface area contributed by atoms with Crippen molar-refractivity contribution in [3.63, 3.8) is 0 Å². The Morgan fingerprint density at radius 1 is 1.05 bits per heavy atom. The van der Waals surface area contributed by atoms with Crippen molar-refractivity contribution < 1.29 is 4.79 Å². The van der Waals surface area contributed by atoms with Gasteiger partial charge in [-0.3, -0.25) is 4.79 Å². The number of benzene rings is 2. The molecule has 0 aliphatic heterocycles. The van der Waals surface area contributed by atoms with Gasteiger partial charge in [-0.2, -0.15) is 0 Å². The summed E-state index contributed by atoms with van der Waals surface area (Å²) >= 11 is 12.1. The lowest BCUT2D eigenvalue weighted by molar-refractivity contribution is 0.0983. The Bertz CT molecular complexity index is 629. The van der Waals surface area contributed by atoms with Crippen molar-refractivity contribution in [1.82, 2.24) is 4.72 Å². The Hall–Kier alpha value is -1.16. The number of halogens is 2. The molecule has 2 nitrogen and oxygen atoms in total. The molecule has 0 saturated heterocycles. The van der Waals surface area contributed by atoms with Crippen LogP contribution < -0.4 is 4.72 Å². The SMILES string of the molecule is CS(C)(NC(=O)c1ccccc1)c1ccc(Cl)cc1Cl. The van der Waals surface area contributed by atoms with E-state index in [1.54, 1.807) is 24.3 Å². The highest BCUT2D eigenvalue weighted by Crippen LogP contribution is 2.49. The molecule has 0 heterocycles. The molecule has 0 aliphatic rings. The van der Waals surface area contributed by atoms with Crippen LogP contribution in [0.25, 0.3) is 0 Å². The van der Waals surface area contributed by atoms with Crippen molar-refractivity contribution >= 4 is 39.3 Å². The summed E-state index contributed by atoms with van der Waals surface area (Å²) in [4.78, 5) is 13.2. The normalized spacial score (nSPS) is 12.0. The van der Waals surface area contributed by atoms with E-state index in [0.717, 1.165) is 4.90 Å². The Labute approximate surface area is 130 Å². The molecule has 2 aromatic carbocycles. The topological polar surface area (TPSA) is 29.1 Å². The predicted molar refractivity (Wildman–Crippen MR) is 88.1 cm³/mol. The van der Waals surface area contributed by atoms with E-state index in [-0.39, 0.29) is 5.91 Å². The summed E-state index contributed by atoms with van der Waals surface area (Å²) in [6.45, 7) is 0. The van der Waals surface area contributed by atoms with Gasteiger partial charge >= 0.3 is 0 Å². The quantitative estimate of drug-likeness (QED) is 0.864. The summed E-state index contributed by atoms with van der Waals surface area (Å²) < 4.78 is 3.07. The van der Waals surface area contributed by atoms with Crippen molar-refractivity contribution in [3.8, 4) is 0 Å². The Balaban J connectivity index is 2.25. The second-order valence-corrected chi connectivity index (χ2v) is 8.84. The number of hydrogen-bond acceptors (Lipinski definition) is 1. The molecule has 2 aromatic rings. The van der Waals surface area contributed by atoms with Crippen LogP contribution in [0.5, 0.6) is 0 Å². The van der Waals surface area contributed by atoms with Crippen LogP contribution >= 0.6 is 33.4 Å². The highest BCUT2D eigenvalue weighted by Gasteiger charge is 2.21. The van der Waals surface area contributed by atoms with E-state index in [1.165, 1.54) is 0 Å². The molecule has 0 radical (unpaired) electrons. The first-order valence-electron chi connectivity index (χ1n) is 5.96. The summed E-state index contributed by atoms with van der Waals surface area (Å²) in [6.07, 6.45) is 3.98. The van der Waals surface area contributed by atoms with Gasteiger partial charge in [0.2, 0.25) is 0 Å². The summed E-state index contributed by atoms with van der Waals surface area (Å²) in [6, 6.07) is 14.5. The van der Waals surface area contributed by atoms with Crippen molar-refractivity contribution in [2.24, 2.45) is 0 Å². The van der Waals surface area contributed by atoms with Gasteiger partial charge in [-0.05, 0) is 42.8 Å². The minimum atomic E-state index is -1.55. The predicted octanol–water partition coefficient (Wildman–Crippen LogP) is 4.76. The third-order valence-electron chi connectivity index (χ3n) is 2.83. The summed E-state index contributed by atoms with van der Waals surface area (Å²) in [5.74, 6) is -0.100. The lowest BCUT2D eigenvalue weighted by Crippen LogP contribution is -2.26. The zero-order chi connectivity index (χ0) is 14.8. The van der Waals surface area contributed by atoms with E-state index >= 15 is 0 Å². The molecule has 0 saturated carbocycles. The molecule has 0 unspecified atom stereocenters. The van der Waals surface area contributed by atoms with Gasteiger partial charge in [0.05, 0.1) is 5.02 Å². The van der Waals surface area contributed by atoms with Crippen LogP contribution in [0, 0.1) is 0 Å². The van der Waals surface area contributed by atoms with Crippen LogP contribution in [-0.2, 0) is 0 Å². The number of nitrogens with one attached hydrogen (secondary N) is 1. The van der Waals surface area contributed by atoms with Gasteiger partial charge < -0.3 is 4.72 Å². The van der Waals surface area contributed by atoms with Crippen LogP contribution in [0.15, 0.2) is 53.4 Å². The standard InChI is InChI=1S/C15H15Cl2NOS/c1-20(2,14-9-8-12(16)10-13(14)17)18-15(19)11-6-4-3-5-7-11/h3-10H,1-2H3,(H,18,19). The number of carbonyl (C=O) groups excluding carboxylic acids is 1. The molecule has 20 heavy (non-hydrogen) atoms. The Morgan fingerprint density at radius 2 is 1.70 bits per heavy atom. The first-order chi connectivity index (χ1) is 9.40. The average Bonchev–Trinajstić information content (AvgIpc) is 2.38. The van der Waals surface area contributed by atoms with Gasteiger partial charge in [-0.15, -0.1) is 10.2 Å². The third-order valence-corrected chi connectivity index (χ3v) is 5.64. The highest BCUT2D eigenvalue weighted by molar-refractivity contribution is 8.31. The number of carbonyl (C=O) groups is 1. The maximum Gasteiger partial charge on any atom is 0.260 e. The molecule has 106 valence electrons. The Kier molecular flexibility index (Phi) is 4.63. The minimum absolute atomic E-state index is 0.100. The second-order valence-electron chi connectivity index (χ2n) is 4.70. The van der Waals surface area contributed by atoms with E-state index in [4.69, 9.17) is 23.2 Å². The molecule has 0 atom stereocenters. The molecule has 2 rings (SSSR count). The maximum absolute atomic E-state index is 12.3. The van der Waals surface area contributed by atoms with Crippen molar-refractivity contribution in [3.05, 3.63) is 64.1 Å². The lowest BCUT2D eigenvalue weighted by atomic mass is 10.2. The average molecular weight is 328 g/mol. The van der Waals surface area contributed by atoms with E-state index in [0.29, 0.717) is 15.6 Å². The maximum atomic E-state index is 12.3. The van der Waals surface area contributed by atoms with Crippen molar-refractivity contribution in [2.45, 2.75) is 4.90 Å². The van der Waals surface area contributed by atoms with E-state index in [9.17, 15) is 4.79 Å². The van der Waals surface area contributed by atoms with Crippen LogP contribution in [-0.4, -0.2) is 18.4 Å². The van der Waals surface area contributed by atoms with Crippen LogP contribution in [0.2, 0.25) is 10.0 Å². The van der Waals surface area contributed by atoms with Gasteiger partial charge in [-0.25, -0.2) is 0 Å². The first kappa shape index (κ1) is 15.2. The fourth-order valence-corrected chi connectivity index (χ4v) is 4.46. The van der Waals surface area contributed by atoms with Crippen LogP contribution in [0.4, 0.5) is 0 Å². The van der Waals surface area contributed by atoms with E-state index < -0.39 is 10.2 Å². The fourth-order valence-electron chi connectivity index (χ4n) is 1.82. The Morgan fingerprint density at radius 3 is 2.30 bits per heavy atom. The smallest absolute Gasteiger partial charge is 0.260 e. The molecular weight excluding hydrogens is 313 g/mol. The van der Waals surface area contributed by atoms with Gasteiger partial charge in [-0.1, -0.05) is 41.4 Å². The van der Waals surface area contributed by atoms with Gasteiger partial charge in [0.15, 0.2) is 0 Å². The molecule has 0 bridgehead atoms. The molecule has 1 N–H and O–H groups in total. The third kappa shape index (κ3) is 3.48.